The van der Waals surface area contributed by atoms with Gasteiger partial charge < -0.3 is 4.90 Å². The Labute approximate surface area is 160 Å². The second-order valence-electron chi connectivity index (χ2n) is 6.96. The third-order valence-corrected chi connectivity index (χ3v) is 5.41. The molecule has 0 amide bonds. The van der Waals surface area contributed by atoms with Crippen LogP contribution in [0.15, 0.2) is 30.3 Å². The van der Waals surface area contributed by atoms with Crippen LogP contribution in [0.1, 0.15) is 44.4 Å². The number of hydrogen-bond acceptors (Lipinski definition) is 5. The predicted octanol–water partition coefficient (Wildman–Crippen LogP) is 4.04. The molecule has 0 atom stereocenters. The number of tetrazole rings is 1. The average molecular weight is 362 g/mol. The Hall–Kier alpha value is -2.76. The maximum atomic E-state index is 5.17. The van der Waals surface area contributed by atoms with Crippen molar-refractivity contribution in [2.45, 2.75) is 46.0 Å². The zero-order valence-corrected chi connectivity index (χ0v) is 16.1. The first-order valence-corrected chi connectivity index (χ1v) is 9.93. The van der Waals surface area contributed by atoms with Crippen LogP contribution in [0.4, 0.5) is 5.82 Å². The Morgan fingerprint density at radius 3 is 2.44 bits per heavy atom. The van der Waals surface area contributed by atoms with E-state index in [4.69, 9.17) is 4.98 Å². The maximum Gasteiger partial charge on any atom is 0.183 e. The highest BCUT2D eigenvalue weighted by atomic mass is 15.5. The number of aryl methyl sites for hydroxylation is 1. The van der Waals surface area contributed by atoms with E-state index < -0.39 is 0 Å². The van der Waals surface area contributed by atoms with Crippen LogP contribution in [0.25, 0.3) is 22.5 Å². The fourth-order valence-electron chi connectivity index (χ4n) is 4.07. The first-order chi connectivity index (χ1) is 13.3. The number of fused-ring (bicyclic) bond motifs is 1. The third-order valence-electron chi connectivity index (χ3n) is 5.41. The predicted molar refractivity (Wildman–Crippen MR) is 108 cm³/mol. The molecule has 1 N–H and O–H groups in total. The molecule has 1 aromatic carbocycles. The van der Waals surface area contributed by atoms with Crippen molar-refractivity contribution < 1.29 is 0 Å². The summed E-state index contributed by atoms with van der Waals surface area (Å²) in [5.41, 5.74) is 6.07. The summed E-state index contributed by atoms with van der Waals surface area (Å²) >= 11 is 0. The van der Waals surface area contributed by atoms with Gasteiger partial charge in [-0.05, 0) is 61.1 Å². The Bertz CT molecular complexity index is 885. The van der Waals surface area contributed by atoms with E-state index in [0.29, 0.717) is 5.82 Å². The lowest BCUT2D eigenvalue weighted by Crippen LogP contribution is -2.25. The number of pyridine rings is 1. The summed E-state index contributed by atoms with van der Waals surface area (Å²) in [6, 6.07) is 10.6. The van der Waals surface area contributed by atoms with E-state index in [9.17, 15) is 0 Å². The van der Waals surface area contributed by atoms with Crippen molar-refractivity contribution >= 4 is 5.82 Å². The summed E-state index contributed by atoms with van der Waals surface area (Å²) in [5, 5.41) is 15.0. The molecule has 0 unspecified atom stereocenters. The molecule has 0 fully saturated rings. The van der Waals surface area contributed by atoms with Gasteiger partial charge in [-0.2, -0.15) is 0 Å². The highest BCUT2D eigenvalue weighted by Gasteiger charge is 2.26. The standard InChI is InChI=1S/C21H26N6/c1-3-27(4-2)21-19(20-23-25-26-24-20)18(15-11-7-5-8-12-15)16-13-9-6-10-14-17(16)22-21/h5,7-8,11-12H,3-4,6,9-10,13-14H2,1-2H3,(H,23,24,25,26). The Morgan fingerprint density at radius 2 is 1.74 bits per heavy atom. The summed E-state index contributed by atoms with van der Waals surface area (Å²) in [4.78, 5) is 7.47. The van der Waals surface area contributed by atoms with Crippen LogP contribution in [-0.4, -0.2) is 38.7 Å². The fourth-order valence-corrected chi connectivity index (χ4v) is 4.07. The number of aromatic amines is 1. The van der Waals surface area contributed by atoms with Gasteiger partial charge in [-0.25, -0.2) is 10.1 Å². The fraction of sp³-hybridized carbons (Fsp3) is 0.429. The molecule has 27 heavy (non-hydrogen) atoms. The van der Waals surface area contributed by atoms with E-state index in [-0.39, 0.29) is 0 Å². The van der Waals surface area contributed by atoms with Crippen molar-refractivity contribution in [2.75, 3.05) is 18.0 Å². The van der Waals surface area contributed by atoms with Crippen LogP contribution in [0.5, 0.6) is 0 Å². The highest BCUT2D eigenvalue weighted by molar-refractivity contribution is 5.90. The van der Waals surface area contributed by atoms with Gasteiger partial charge in [0.2, 0.25) is 0 Å². The minimum Gasteiger partial charge on any atom is -0.357 e. The molecule has 1 aliphatic carbocycles. The largest absolute Gasteiger partial charge is 0.357 e. The SMILES string of the molecule is CCN(CC)c1nc2c(c(-c3ccccc3)c1-c1nnn[nH]1)CCCCC2. The number of H-pyrrole nitrogens is 1. The minimum atomic E-state index is 0.690. The molecule has 2 aromatic heterocycles. The zero-order chi connectivity index (χ0) is 18.6. The molecule has 0 saturated heterocycles. The second kappa shape index (κ2) is 7.86. The molecular weight excluding hydrogens is 336 g/mol. The van der Waals surface area contributed by atoms with Crippen LogP contribution in [0, 0.1) is 0 Å². The van der Waals surface area contributed by atoms with Gasteiger partial charge in [0, 0.05) is 24.3 Å². The van der Waals surface area contributed by atoms with Crippen LogP contribution in [0.3, 0.4) is 0 Å². The summed E-state index contributed by atoms with van der Waals surface area (Å²) < 4.78 is 0. The van der Waals surface area contributed by atoms with Crippen LogP contribution in [0.2, 0.25) is 0 Å². The van der Waals surface area contributed by atoms with Gasteiger partial charge in [-0.15, -0.1) is 5.10 Å². The topological polar surface area (TPSA) is 70.6 Å². The van der Waals surface area contributed by atoms with Gasteiger partial charge >= 0.3 is 0 Å². The van der Waals surface area contributed by atoms with E-state index in [1.807, 2.05) is 0 Å². The van der Waals surface area contributed by atoms with Gasteiger partial charge in [0.05, 0.1) is 5.56 Å². The molecule has 1 aliphatic rings. The number of benzene rings is 1. The Morgan fingerprint density at radius 1 is 0.963 bits per heavy atom. The smallest absolute Gasteiger partial charge is 0.183 e. The number of nitrogens with zero attached hydrogens (tertiary/aromatic N) is 5. The van der Waals surface area contributed by atoms with Gasteiger partial charge in [0.1, 0.15) is 5.82 Å². The summed E-state index contributed by atoms with van der Waals surface area (Å²) in [5.74, 6) is 1.67. The van der Waals surface area contributed by atoms with E-state index in [1.54, 1.807) is 0 Å². The molecule has 6 nitrogen and oxygen atoms in total. The Kier molecular flexibility index (Phi) is 5.14. The zero-order valence-electron chi connectivity index (χ0n) is 16.1. The van der Waals surface area contributed by atoms with Crippen molar-refractivity contribution in [2.24, 2.45) is 0 Å². The molecule has 140 valence electrons. The monoisotopic (exact) mass is 362 g/mol. The molecule has 3 aromatic rings. The maximum absolute atomic E-state index is 5.17. The molecule has 2 heterocycles. The quantitative estimate of drug-likeness (QED) is 0.694. The van der Waals surface area contributed by atoms with Crippen molar-refractivity contribution in [3.05, 3.63) is 41.6 Å². The lowest BCUT2D eigenvalue weighted by Gasteiger charge is -2.26. The van der Waals surface area contributed by atoms with Crippen molar-refractivity contribution in [3.63, 3.8) is 0 Å². The number of anilines is 1. The van der Waals surface area contributed by atoms with Gasteiger partial charge in [-0.1, -0.05) is 36.8 Å². The number of rotatable bonds is 5. The molecule has 0 spiro atoms. The van der Waals surface area contributed by atoms with Crippen LogP contribution in [-0.2, 0) is 12.8 Å². The van der Waals surface area contributed by atoms with Gasteiger partial charge in [-0.3, -0.25) is 0 Å². The van der Waals surface area contributed by atoms with E-state index >= 15 is 0 Å². The third kappa shape index (κ3) is 3.31. The first kappa shape index (κ1) is 17.6. The molecule has 0 saturated carbocycles. The lowest BCUT2D eigenvalue weighted by atomic mass is 9.90. The summed E-state index contributed by atoms with van der Waals surface area (Å²) in [7, 11) is 0. The number of aromatic nitrogens is 5. The van der Waals surface area contributed by atoms with E-state index in [1.165, 1.54) is 41.6 Å². The summed E-state index contributed by atoms with van der Waals surface area (Å²) in [6.45, 7) is 6.12. The van der Waals surface area contributed by atoms with Crippen molar-refractivity contribution in [1.82, 2.24) is 25.6 Å². The molecule has 6 heteroatoms. The van der Waals surface area contributed by atoms with Crippen LogP contribution >= 0.6 is 0 Å². The van der Waals surface area contributed by atoms with E-state index in [0.717, 1.165) is 37.3 Å². The normalized spacial score (nSPS) is 13.9. The minimum absolute atomic E-state index is 0.690. The molecule has 0 aliphatic heterocycles. The molecule has 4 rings (SSSR count). The second-order valence-corrected chi connectivity index (χ2v) is 6.96. The van der Waals surface area contributed by atoms with Crippen molar-refractivity contribution in [3.8, 4) is 22.5 Å². The number of nitrogens with one attached hydrogen (secondary N) is 1. The summed E-state index contributed by atoms with van der Waals surface area (Å²) in [6.07, 6.45) is 5.75. The van der Waals surface area contributed by atoms with E-state index in [2.05, 4.69) is 69.7 Å². The van der Waals surface area contributed by atoms with Gasteiger partial charge in [0.25, 0.3) is 0 Å². The number of hydrogen-bond donors (Lipinski definition) is 1. The first-order valence-electron chi connectivity index (χ1n) is 9.93. The van der Waals surface area contributed by atoms with Gasteiger partial charge in [0.15, 0.2) is 5.82 Å². The van der Waals surface area contributed by atoms with Crippen LogP contribution < -0.4 is 4.90 Å². The molecule has 0 radical (unpaired) electrons. The molecular formula is C21H26N6. The highest BCUT2D eigenvalue weighted by Crippen LogP contribution is 2.42. The molecule has 0 bridgehead atoms. The van der Waals surface area contributed by atoms with Crippen molar-refractivity contribution in [1.29, 1.82) is 0 Å². The average Bonchev–Trinajstić information content (AvgIpc) is 3.14. The Balaban J connectivity index is 2.07. The lowest BCUT2D eigenvalue weighted by molar-refractivity contribution is 0.708.